The molecule has 2 atom stereocenters. The van der Waals surface area contributed by atoms with E-state index in [9.17, 15) is 19.2 Å². The topological polar surface area (TPSA) is 185 Å². The molecule has 0 radical (unpaired) electrons. The van der Waals surface area contributed by atoms with E-state index in [1.54, 1.807) is 48.5 Å². The van der Waals surface area contributed by atoms with Crippen molar-refractivity contribution in [2.24, 2.45) is 10.8 Å². The zero-order valence-electron chi connectivity index (χ0n) is 27.8. The number of hydrogen-bond donors (Lipinski definition) is 3. The van der Waals surface area contributed by atoms with Crippen molar-refractivity contribution in [3.63, 3.8) is 0 Å². The van der Waals surface area contributed by atoms with Crippen LogP contribution in [0.2, 0.25) is 0 Å². The van der Waals surface area contributed by atoms with Gasteiger partial charge in [0.25, 0.3) is 5.56 Å². The Kier molecular flexibility index (Phi) is 19.0. The average Bonchev–Trinajstić information content (AvgIpc) is 3.34. The first-order chi connectivity index (χ1) is 20.4. The fraction of sp³-hybridized carbons (Fsp3) is 0.793. The van der Waals surface area contributed by atoms with Crippen molar-refractivity contribution in [1.82, 2.24) is 9.55 Å². The number of nitrogens with zero attached hydrogens (tertiary/aromatic N) is 1. The number of nitrogens with one attached hydrogen (secondary N) is 1. The number of carbonyl (C=O) groups is 2. The van der Waals surface area contributed by atoms with Crippen LogP contribution in [0.3, 0.4) is 0 Å². The van der Waals surface area contributed by atoms with Crippen LogP contribution in [0, 0.1) is 10.8 Å². The second kappa shape index (κ2) is 20.0. The molecule has 1 aliphatic rings. The lowest BCUT2D eigenvalue weighted by Gasteiger charge is -2.24. The maximum atomic E-state index is 12.0. The molecule has 0 saturated heterocycles. The van der Waals surface area contributed by atoms with Crippen LogP contribution >= 0.6 is 8.60 Å². The second-order valence-corrected chi connectivity index (χ2v) is 13.2. The van der Waals surface area contributed by atoms with Crippen molar-refractivity contribution in [3.05, 3.63) is 33.1 Å². The number of esters is 2. The number of carbonyl (C=O) groups excluding carboxylic acids is 2. The largest absolute Gasteiger partial charge is 0.438 e. The predicted molar refractivity (Wildman–Crippen MR) is 164 cm³/mol. The Morgan fingerprint density at radius 2 is 1.43 bits per heavy atom. The lowest BCUT2D eigenvalue weighted by Crippen LogP contribution is -2.32. The number of H-pyrrole nitrogens is 1. The molecule has 1 unspecified atom stereocenters. The molecule has 1 fully saturated rings. The minimum absolute atomic E-state index is 0.00504. The Hall–Kier alpha value is -2.19. The number of methoxy groups -OCH3 is 1. The van der Waals surface area contributed by atoms with Gasteiger partial charge in [-0.15, -0.1) is 0 Å². The molecule has 1 saturated carbocycles. The van der Waals surface area contributed by atoms with Crippen LogP contribution in [0.1, 0.15) is 100 Å². The van der Waals surface area contributed by atoms with Crippen LogP contribution in [0.15, 0.2) is 21.9 Å². The van der Waals surface area contributed by atoms with Crippen molar-refractivity contribution in [1.29, 1.82) is 0 Å². The average molecular weight is 653 g/mol. The van der Waals surface area contributed by atoms with Crippen LogP contribution < -0.4 is 11.2 Å². The summed E-state index contributed by atoms with van der Waals surface area (Å²) in [4.78, 5) is 49.4. The first-order valence-electron chi connectivity index (χ1n) is 14.7. The lowest BCUT2D eigenvalue weighted by atomic mass is 9.98. The predicted octanol–water partition coefficient (Wildman–Crippen LogP) is 4.14. The number of ether oxygens (including phenoxy) is 3. The zero-order valence-corrected chi connectivity index (χ0v) is 28.7. The lowest BCUT2D eigenvalue weighted by molar-refractivity contribution is -0.162. The van der Waals surface area contributed by atoms with Crippen LogP contribution in [0.4, 0.5) is 0 Å². The molecule has 0 aliphatic heterocycles. The van der Waals surface area contributed by atoms with Crippen LogP contribution in [0.5, 0.6) is 0 Å². The normalized spacial score (nSPS) is 15.8. The second-order valence-electron chi connectivity index (χ2n) is 12.0. The van der Waals surface area contributed by atoms with Crippen molar-refractivity contribution in [3.8, 4) is 0 Å². The summed E-state index contributed by atoms with van der Waals surface area (Å²) in [5.41, 5.74) is -2.44. The molecule has 2 rings (SSSR count). The highest BCUT2D eigenvalue weighted by molar-refractivity contribution is 7.41. The van der Waals surface area contributed by atoms with Crippen LogP contribution in [-0.2, 0) is 37.4 Å². The third-order valence-electron chi connectivity index (χ3n) is 5.95. The molecule has 1 heterocycles. The molecule has 256 valence electrons. The summed E-state index contributed by atoms with van der Waals surface area (Å²) in [7, 11) is -0.589. The maximum absolute atomic E-state index is 12.0. The number of aromatic amines is 1. The molecule has 3 N–H and O–H groups in total. The quantitative estimate of drug-likeness (QED) is 0.157. The highest BCUT2D eigenvalue weighted by Gasteiger charge is 2.28. The number of rotatable bonds is 13. The number of aliphatic hydroxyl groups is 2. The van der Waals surface area contributed by atoms with E-state index in [1.807, 2.05) is 13.8 Å². The SMILES string of the molecule is CC.COC(COP(OCOC(=O)C(C)(C)C)OCOC(=O)C(C)(C)C)C[C@H](C)n1ccc(=O)[nH]c1=O.OC1(O)CCCC1. The Balaban J connectivity index is 0.00000176. The summed E-state index contributed by atoms with van der Waals surface area (Å²) in [6, 6.07) is 0.941. The fourth-order valence-electron chi connectivity index (χ4n) is 3.38. The first kappa shape index (κ1) is 41.8. The Morgan fingerprint density at radius 3 is 1.80 bits per heavy atom. The summed E-state index contributed by atoms with van der Waals surface area (Å²) in [5.74, 6) is -2.25. The molecule has 0 amide bonds. The van der Waals surface area contributed by atoms with Crippen molar-refractivity contribution >= 4 is 20.5 Å². The first-order valence-corrected chi connectivity index (χ1v) is 15.8. The van der Waals surface area contributed by atoms with E-state index in [4.69, 9.17) is 38.0 Å². The van der Waals surface area contributed by atoms with E-state index < -0.39 is 68.1 Å². The molecule has 0 bridgehead atoms. The molecule has 1 aliphatic carbocycles. The summed E-state index contributed by atoms with van der Waals surface area (Å²) < 4.78 is 33.5. The molecule has 15 heteroatoms. The summed E-state index contributed by atoms with van der Waals surface area (Å²) in [5, 5.41) is 17.5. The van der Waals surface area contributed by atoms with E-state index in [0.717, 1.165) is 12.8 Å². The fourth-order valence-corrected chi connectivity index (χ4v) is 4.17. The standard InChI is InChI=1S/C22H37N2O10P.C5H10O2.C2H6/c1-15(24-10-9-17(25)23-20(24)28)11-16(29-8)12-32-35(33-13-30-18(26)21(2,3)4)34-14-31-19(27)22(5,6)7;6-5(7)3-1-2-4-5;1-2/h9-10,15-16H,11-14H2,1-8H3,(H,23,25,28);6-7H,1-4H2;1-2H3/t15-,16?;;/m0../s1. The number of hydrogen-bond acceptors (Lipinski definition) is 12. The third-order valence-corrected chi connectivity index (χ3v) is 6.95. The minimum Gasteiger partial charge on any atom is -0.438 e. The molecule has 1 aromatic heterocycles. The Labute approximate surface area is 261 Å². The minimum atomic E-state index is -2.07. The summed E-state index contributed by atoms with van der Waals surface area (Å²) in [6.07, 6.45) is 4.35. The van der Waals surface area contributed by atoms with E-state index in [2.05, 4.69) is 4.98 Å². The molecule has 0 aromatic carbocycles. The van der Waals surface area contributed by atoms with Crippen molar-refractivity contribution < 1.29 is 47.6 Å². The van der Waals surface area contributed by atoms with Gasteiger partial charge in [-0.2, -0.15) is 0 Å². The van der Waals surface area contributed by atoms with E-state index in [1.165, 1.54) is 23.9 Å². The van der Waals surface area contributed by atoms with Gasteiger partial charge in [0.05, 0.1) is 23.5 Å². The molecule has 44 heavy (non-hydrogen) atoms. The van der Waals surface area contributed by atoms with E-state index in [0.29, 0.717) is 19.3 Å². The Morgan fingerprint density at radius 1 is 0.955 bits per heavy atom. The van der Waals surface area contributed by atoms with Gasteiger partial charge in [-0.3, -0.25) is 33.0 Å². The zero-order chi connectivity index (χ0) is 34.1. The van der Waals surface area contributed by atoms with E-state index in [-0.39, 0.29) is 12.6 Å². The maximum Gasteiger partial charge on any atom is 0.338 e. The van der Waals surface area contributed by atoms with Gasteiger partial charge >= 0.3 is 26.2 Å². The van der Waals surface area contributed by atoms with Gasteiger partial charge in [0.15, 0.2) is 5.79 Å². The molecule has 14 nitrogen and oxygen atoms in total. The van der Waals surface area contributed by atoms with Gasteiger partial charge < -0.3 is 28.9 Å². The Bertz CT molecular complexity index is 1050. The van der Waals surface area contributed by atoms with Gasteiger partial charge in [-0.05, 0) is 67.7 Å². The van der Waals surface area contributed by atoms with Crippen LogP contribution in [0.25, 0.3) is 0 Å². The van der Waals surface area contributed by atoms with Crippen molar-refractivity contribution in [2.75, 3.05) is 27.3 Å². The highest BCUT2D eigenvalue weighted by atomic mass is 31.2. The van der Waals surface area contributed by atoms with Crippen molar-refractivity contribution in [2.45, 2.75) is 112 Å². The van der Waals surface area contributed by atoms with Gasteiger partial charge in [0, 0.05) is 38.3 Å². The molecular weight excluding hydrogens is 599 g/mol. The molecule has 1 aromatic rings. The van der Waals surface area contributed by atoms with E-state index >= 15 is 0 Å². The third kappa shape index (κ3) is 17.3. The van der Waals surface area contributed by atoms with Crippen LogP contribution in [-0.4, -0.2) is 70.9 Å². The van der Waals surface area contributed by atoms with Gasteiger partial charge in [0.2, 0.25) is 13.6 Å². The summed E-state index contributed by atoms with van der Waals surface area (Å²) >= 11 is 0. The smallest absolute Gasteiger partial charge is 0.338 e. The highest BCUT2D eigenvalue weighted by Crippen LogP contribution is 2.40. The number of aromatic nitrogens is 2. The van der Waals surface area contributed by atoms with Gasteiger partial charge in [-0.25, -0.2) is 4.79 Å². The molecular formula is C29H53N2O12P. The van der Waals surface area contributed by atoms with Gasteiger partial charge in [0.1, 0.15) is 0 Å². The summed E-state index contributed by atoms with van der Waals surface area (Å²) in [6.45, 7) is 15.2. The monoisotopic (exact) mass is 652 g/mol. The van der Waals surface area contributed by atoms with Gasteiger partial charge in [-0.1, -0.05) is 13.8 Å². The molecule has 0 spiro atoms.